The number of hydrogen-bond donors (Lipinski definition) is 2. The molecule has 0 aliphatic carbocycles. The Kier molecular flexibility index (Phi) is 5.55. The first-order valence-electron chi connectivity index (χ1n) is 6.21. The van der Waals surface area contributed by atoms with Crippen LogP contribution in [0.25, 0.3) is 0 Å². The van der Waals surface area contributed by atoms with Gasteiger partial charge in [-0.15, -0.1) is 0 Å². The quantitative estimate of drug-likeness (QED) is 0.775. The largest absolute Gasteiger partial charge is 0.357 e. The van der Waals surface area contributed by atoms with E-state index in [0.29, 0.717) is 17.3 Å². The number of thiocarbonyl (C=S) groups is 1. The van der Waals surface area contributed by atoms with Gasteiger partial charge in [0.25, 0.3) is 0 Å². The highest BCUT2D eigenvalue weighted by molar-refractivity contribution is 9.10. The lowest BCUT2D eigenvalue weighted by Crippen LogP contribution is -2.29. The molecule has 8 heteroatoms. The number of nitrogens with one attached hydrogen (secondary N) is 2. The summed E-state index contributed by atoms with van der Waals surface area (Å²) in [6.07, 6.45) is 1.75. The molecule has 1 aromatic heterocycles. The summed E-state index contributed by atoms with van der Waals surface area (Å²) in [6, 6.07) is 4.34. The molecule has 1 heterocycles. The number of rotatable bonds is 4. The van der Waals surface area contributed by atoms with Gasteiger partial charge in [-0.25, -0.2) is 4.39 Å². The third-order valence-corrected chi connectivity index (χ3v) is 3.99. The molecule has 0 fully saturated rings. The number of nitrogens with zero attached hydrogens (tertiary/aromatic N) is 2. The second-order valence-electron chi connectivity index (χ2n) is 4.19. The monoisotopic (exact) mass is 390 g/mol. The second kappa shape index (κ2) is 7.20. The lowest BCUT2D eigenvalue weighted by Gasteiger charge is -2.12. The van der Waals surface area contributed by atoms with E-state index >= 15 is 0 Å². The molecule has 0 radical (unpaired) electrons. The van der Waals surface area contributed by atoms with Gasteiger partial charge in [0, 0.05) is 12.2 Å². The summed E-state index contributed by atoms with van der Waals surface area (Å²) in [5.74, 6) is -0.461. The van der Waals surface area contributed by atoms with Crippen LogP contribution in [0.15, 0.2) is 28.9 Å². The third-order valence-electron chi connectivity index (χ3n) is 2.79. The number of aryl methyl sites for hydroxylation is 1. The van der Waals surface area contributed by atoms with Crippen molar-refractivity contribution >= 4 is 50.5 Å². The van der Waals surface area contributed by atoms with Crippen LogP contribution in [-0.2, 0) is 13.1 Å². The maximum Gasteiger partial charge on any atom is 0.171 e. The van der Waals surface area contributed by atoms with Gasteiger partial charge in [-0.05, 0) is 53.3 Å². The number of anilines is 1. The van der Waals surface area contributed by atoms with Crippen molar-refractivity contribution in [1.82, 2.24) is 15.1 Å². The molecule has 1 aromatic carbocycles. The van der Waals surface area contributed by atoms with E-state index in [1.165, 1.54) is 12.1 Å². The molecule has 0 atom stereocenters. The van der Waals surface area contributed by atoms with Crippen LogP contribution in [0, 0.1) is 5.82 Å². The van der Waals surface area contributed by atoms with Gasteiger partial charge in [0.2, 0.25) is 0 Å². The molecule has 0 spiro atoms. The molecular formula is C13H13BrClFN4S. The van der Waals surface area contributed by atoms with Crippen molar-refractivity contribution in [3.8, 4) is 0 Å². The van der Waals surface area contributed by atoms with E-state index in [1.54, 1.807) is 12.3 Å². The van der Waals surface area contributed by atoms with Crippen LogP contribution in [0.2, 0.25) is 5.02 Å². The Labute approximate surface area is 140 Å². The Balaban J connectivity index is 1.95. The van der Waals surface area contributed by atoms with Crippen LogP contribution in [0.4, 0.5) is 10.1 Å². The van der Waals surface area contributed by atoms with E-state index < -0.39 is 5.82 Å². The summed E-state index contributed by atoms with van der Waals surface area (Å²) in [7, 11) is 0. The van der Waals surface area contributed by atoms with Crippen molar-refractivity contribution in [2.75, 3.05) is 5.32 Å². The average molecular weight is 392 g/mol. The van der Waals surface area contributed by atoms with Gasteiger partial charge in [0.05, 0.1) is 27.9 Å². The predicted octanol–water partition coefficient (Wildman–Crippen LogP) is 3.94. The zero-order valence-electron chi connectivity index (χ0n) is 11.2. The van der Waals surface area contributed by atoms with Gasteiger partial charge >= 0.3 is 0 Å². The van der Waals surface area contributed by atoms with E-state index in [0.717, 1.165) is 16.7 Å². The molecule has 4 nitrogen and oxygen atoms in total. The van der Waals surface area contributed by atoms with Crippen LogP contribution in [0.5, 0.6) is 0 Å². The molecule has 0 bridgehead atoms. The van der Waals surface area contributed by atoms with Crippen molar-refractivity contribution in [2.24, 2.45) is 0 Å². The van der Waals surface area contributed by atoms with Gasteiger partial charge in [-0.3, -0.25) is 4.68 Å². The number of benzene rings is 1. The number of aromatic nitrogens is 2. The fraction of sp³-hybridized carbons (Fsp3) is 0.231. The normalized spacial score (nSPS) is 10.5. The summed E-state index contributed by atoms with van der Waals surface area (Å²) >= 11 is 14.4. The number of hydrogen-bond acceptors (Lipinski definition) is 2. The molecule has 0 aliphatic heterocycles. The first-order valence-corrected chi connectivity index (χ1v) is 7.79. The lowest BCUT2D eigenvalue weighted by molar-refractivity contribution is 0.613. The van der Waals surface area contributed by atoms with E-state index in [1.807, 2.05) is 11.6 Å². The van der Waals surface area contributed by atoms with Crippen molar-refractivity contribution in [2.45, 2.75) is 20.0 Å². The van der Waals surface area contributed by atoms with E-state index in [2.05, 4.69) is 31.7 Å². The molecule has 2 N–H and O–H groups in total. The summed E-state index contributed by atoms with van der Waals surface area (Å²) in [5.41, 5.74) is 1.63. The summed E-state index contributed by atoms with van der Waals surface area (Å²) in [6.45, 7) is 3.31. The summed E-state index contributed by atoms with van der Waals surface area (Å²) < 4.78 is 15.9. The first kappa shape index (κ1) is 16.2. The van der Waals surface area contributed by atoms with E-state index in [-0.39, 0.29) is 5.02 Å². The molecule has 0 aliphatic rings. The van der Waals surface area contributed by atoms with Crippen molar-refractivity contribution < 1.29 is 4.39 Å². The molecule has 0 unspecified atom stereocenters. The zero-order valence-corrected chi connectivity index (χ0v) is 14.3. The minimum atomic E-state index is -0.461. The van der Waals surface area contributed by atoms with E-state index in [9.17, 15) is 4.39 Å². The molecule has 112 valence electrons. The van der Waals surface area contributed by atoms with Gasteiger partial charge in [0.15, 0.2) is 5.11 Å². The lowest BCUT2D eigenvalue weighted by atomic mass is 10.3. The Bertz CT molecular complexity index is 662. The Hall–Kier alpha value is -1.18. The minimum absolute atomic E-state index is 0.0506. The molecule has 0 amide bonds. The van der Waals surface area contributed by atoms with Crippen LogP contribution in [0.1, 0.15) is 12.6 Å². The second-order valence-corrected chi connectivity index (χ2v) is 5.86. The fourth-order valence-electron chi connectivity index (χ4n) is 1.75. The molecular weight excluding hydrogens is 379 g/mol. The topological polar surface area (TPSA) is 41.9 Å². The number of halogens is 3. The van der Waals surface area contributed by atoms with Crippen molar-refractivity contribution in [3.63, 3.8) is 0 Å². The van der Waals surface area contributed by atoms with Crippen LogP contribution in [-0.4, -0.2) is 14.9 Å². The maximum absolute atomic E-state index is 13.1. The Morgan fingerprint density at radius 2 is 2.29 bits per heavy atom. The third kappa shape index (κ3) is 4.15. The van der Waals surface area contributed by atoms with E-state index in [4.69, 9.17) is 23.8 Å². The fourth-order valence-corrected chi connectivity index (χ4v) is 2.56. The van der Waals surface area contributed by atoms with Gasteiger partial charge in [0.1, 0.15) is 5.82 Å². The molecule has 21 heavy (non-hydrogen) atoms. The summed E-state index contributed by atoms with van der Waals surface area (Å²) in [4.78, 5) is 0. The Morgan fingerprint density at radius 1 is 1.52 bits per heavy atom. The van der Waals surface area contributed by atoms with Crippen LogP contribution in [0.3, 0.4) is 0 Å². The van der Waals surface area contributed by atoms with Crippen molar-refractivity contribution in [3.05, 3.63) is 45.4 Å². The summed E-state index contributed by atoms with van der Waals surface area (Å²) in [5, 5.41) is 10.7. The first-order chi connectivity index (χ1) is 10.0. The zero-order chi connectivity index (χ0) is 15.4. The molecule has 2 aromatic rings. The predicted molar refractivity (Wildman–Crippen MR) is 90.1 cm³/mol. The maximum atomic E-state index is 13.1. The minimum Gasteiger partial charge on any atom is -0.357 e. The smallest absolute Gasteiger partial charge is 0.171 e. The van der Waals surface area contributed by atoms with Gasteiger partial charge in [-0.2, -0.15) is 5.10 Å². The van der Waals surface area contributed by atoms with Crippen molar-refractivity contribution in [1.29, 1.82) is 0 Å². The standard InChI is InChI=1S/C13H13BrClFN4S/c1-2-20-12(9(14)6-18-20)7-17-13(21)19-8-3-4-11(16)10(15)5-8/h3-6H,2,7H2,1H3,(H2,17,19,21). The highest BCUT2D eigenvalue weighted by atomic mass is 79.9. The molecule has 0 saturated carbocycles. The van der Waals surface area contributed by atoms with Crippen LogP contribution >= 0.6 is 39.7 Å². The highest BCUT2D eigenvalue weighted by Gasteiger charge is 2.08. The molecule has 2 rings (SSSR count). The van der Waals surface area contributed by atoms with Gasteiger partial charge in [-0.1, -0.05) is 11.6 Å². The van der Waals surface area contributed by atoms with Crippen LogP contribution < -0.4 is 10.6 Å². The SMILES string of the molecule is CCn1ncc(Br)c1CNC(=S)Nc1ccc(F)c(Cl)c1. The molecule has 0 saturated heterocycles. The average Bonchev–Trinajstić information content (AvgIpc) is 2.81. The highest BCUT2D eigenvalue weighted by Crippen LogP contribution is 2.19. The Morgan fingerprint density at radius 3 is 2.95 bits per heavy atom. The van der Waals surface area contributed by atoms with Gasteiger partial charge < -0.3 is 10.6 Å².